The zero-order valence-corrected chi connectivity index (χ0v) is 7.16. The molecule has 0 atom stereocenters. The Labute approximate surface area is 65.8 Å². The molecule has 0 aromatic rings. The van der Waals surface area contributed by atoms with Crippen LogP contribution in [0.2, 0.25) is 0 Å². The summed E-state index contributed by atoms with van der Waals surface area (Å²) in [6.07, 6.45) is 0. The predicted molar refractivity (Wildman–Crippen MR) is 39.9 cm³/mol. The number of carbonyl (C=O) groups is 1. The minimum absolute atomic E-state index is 0.345. The van der Waals surface area contributed by atoms with Gasteiger partial charge in [0.15, 0.2) is 0 Å². The van der Waals surface area contributed by atoms with E-state index in [0.29, 0.717) is 0 Å². The van der Waals surface area contributed by atoms with E-state index in [-0.39, 0.29) is 5.78 Å². The first-order valence-electron chi connectivity index (χ1n) is 3.59. The zero-order valence-electron chi connectivity index (χ0n) is 7.16. The third-order valence-electron chi connectivity index (χ3n) is 1.48. The fraction of sp³-hybridized carbons (Fsp3) is 0.875. The summed E-state index contributed by atoms with van der Waals surface area (Å²) in [5.41, 5.74) is -0.636. The molecule has 0 unspecified atom stereocenters. The van der Waals surface area contributed by atoms with E-state index in [9.17, 15) is 13.6 Å². The van der Waals surface area contributed by atoms with Crippen LogP contribution in [0.3, 0.4) is 0 Å². The highest BCUT2D eigenvalue weighted by molar-refractivity contribution is 5.86. The average molecular weight is 164 g/mol. The van der Waals surface area contributed by atoms with Gasteiger partial charge in [-0.25, -0.2) is 0 Å². The molecule has 0 aliphatic heterocycles. The van der Waals surface area contributed by atoms with E-state index in [1.807, 2.05) is 0 Å². The molecular weight excluding hydrogens is 150 g/mol. The number of carbonyl (C=O) groups excluding carboxylic acids is 1. The van der Waals surface area contributed by atoms with Crippen LogP contribution >= 0.6 is 0 Å². The Balaban J connectivity index is 4.22. The SMILES string of the molecule is CC(C)(C)C(=O)C(CF)CF. The molecule has 66 valence electrons. The van der Waals surface area contributed by atoms with Crippen LogP contribution in [0, 0.1) is 11.3 Å². The Hall–Kier alpha value is -0.470. The lowest BCUT2D eigenvalue weighted by molar-refractivity contribution is -0.131. The lowest BCUT2D eigenvalue weighted by Crippen LogP contribution is -2.30. The molecule has 0 spiro atoms. The predicted octanol–water partition coefficient (Wildman–Crippen LogP) is 2.16. The highest BCUT2D eigenvalue weighted by atomic mass is 19.1. The summed E-state index contributed by atoms with van der Waals surface area (Å²) in [4.78, 5) is 11.1. The van der Waals surface area contributed by atoms with Crippen LogP contribution in [0.5, 0.6) is 0 Å². The van der Waals surface area contributed by atoms with Gasteiger partial charge in [-0.3, -0.25) is 13.6 Å². The summed E-state index contributed by atoms with van der Waals surface area (Å²) >= 11 is 0. The van der Waals surface area contributed by atoms with Crippen molar-refractivity contribution in [2.75, 3.05) is 13.3 Å². The molecule has 11 heavy (non-hydrogen) atoms. The smallest absolute Gasteiger partial charge is 0.146 e. The first kappa shape index (κ1) is 10.5. The van der Waals surface area contributed by atoms with Crippen LogP contribution in [0.1, 0.15) is 20.8 Å². The largest absolute Gasteiger partial charge is 0.299 e. The van der Waals surface area contributed by atoms with Crippen molar-refractivity contribution in [2.45, 2.75) is 20.8 Å². The molecule has 0 saturated carbocycles. The van der Waals surface area contributed by atoms with Crippen LogP contribution in [-0.2, 0) is 4.79 Å². The number of rotatable bonds is 3. The van der Waals surface area contributed by atoms with Gasteiger partial charge in [0.25, 0.3) is 0 Å². The first-order valence-corrected chi connectivity index (χ1v) is 3.59. The highest BCUT2D eigenvalue weighted by Crippen LogP contribution is 2.20. The second-order valence-electron chi connectivity index (χ2n) is 3.62. The van der Waals surface area contributed by atoms with E-state index in [1.165, 1.54) is 0 Å². The number of alkyl halides is 2. The Morgan fingerprint density at radius 3 is 1.73 bits per heavy atom. The Morgan fingerprint density at radius 2 is 1.64 bits per heavy atom. The van der Waals surface area contributed by atoms with Crippen LogP contribution in [0.15, 0.2) is 0 Å². The number of hydrogen-bond donors (Lipinski definition) is 0. The minimum atomic E-state index is -1.06. The Morgan fingerprint density at radius 1 is 1.27 bits per heavy atom. The van der Waals surface area contributed by atoms with Gasteiger partial charge in [0.2, 0.25) is 0 Å². The van der Waals surface area contributed by atoms with Crippen molar-refractivity contribution in [3.05, 3.63) is 0 Å². The summed E-state index contributed by atoms with van der Waals surface area (Å²) < 4.78 is 24.0. The van der Waals surface area contributed by atoms with Crippen molar-refractivity contribution in [3.8, 4) is 0 Å². The van der Waals surface area contributed by atoms with Crippen LogP contribution < -0.4 is 0 Å². The first-order chi connectivity index (χ1) is 4.93. The van der Waals surface area contributed by atoms with Crippen LogP contribution in [0.4, 0.5) is 8.78 Å². The molecular formula is C8H14F2O. The molecule has 3 heteroatoms. The normalized spacial score (nSPS) is 12.2. The number of hydrogen-bond acceptors (Lipinski definition) is 1. The molecule has 0 bridgehead atoms. The summed E-state index contributed by atoms with van der Waals surface area (Å²) in [7, 11) is 0. The molecule has 0 aromatic carbocycles. The van der Waals surface area contributed by atoms with Crippen LogP contribution in [-0.4, -0.2) is 19.1 Å². The van der Waals surface area contributed by atoms with Gasteiger partial charge in [-0.1, -0.05) is 20.8 Å². The van der Waals surface area contributed by atoms with Gasteiger partial charge >= 0.3 is 0 Å². The van der Waals surface area contributed by atoms with E-state index in [0.717, 1.165) is 0 Å². The third kappa shape index (κ3) is 2.95. The molecule has 0 aromatic heterocycles. The molecule has 0 amide bonds. The third-order valence-corrected chi connectivity index (χ3v) is 1.48. The van der Waals surface area contributed by atoms with E-state index in [1.54, 1.807) is 20.8 Å². The van der Waals surface area contributed by atoms with Crippen molar-refractivity contribution in [2.24, 2.45) is 11.3 Å². The molecule has 0 aliphatic rings. The van der Waals surface area contributed by atoms with E-state index >= 15 is 0 Å². The molecule has 0 radical (unpaired) electrons. The summed E-state index contributed by atoms with van der Waals surface area (Å²) in [5.74, 6) is -1.41. The van der Waals surface area contributed by atoms with Crippen molar-refractivity contribution >= 4 is 5.78 Å². The van der Waals surface area contributed by atoms with Crippen molar-refractivity contribution < 1.29 is 13.6 Å². The molecule has 0 saturated heterocycles. The molecule has 0 fully saturated rings. The standard InChI is InChI=1S/C8H14F2O/c1-8(2,3)7(11)6(4-9)5-10/h6H,4-5H2,1-3H3. The monoisotopic (exact) mass is 164 g/mol. The number of ketones is 1. The van der Waals surface area contributed by atoms with E-state index < -0.39 is 24.7 Å². The lowest BCUT2D eigenvalue weighted by Gasteiger charge is -2.20. The lowest BCUT2D eigenvalue weighted by atomic mass is 9.84. The van der Waals surface area contributed by atoms with Gasteiger partial charge in [0, 0.05) is 5.41 Å². The Bertz CT molecular complexity index is 134. The fourth-order valence-electron chi connectivity index (χ4n) is 0.794. The van der Waals surface area contributed by atoms with E-state index in [2.05, 4.69) is 0 Å². The maximum atomic E-state index is 12.0. The molecule has 0 heterocycles. The molecule has 0 N–H and O–H groups in total. The molecule has 0 aliphatic carbocycles. The van der Waals surface area contributed by atoms with Gasteiger partial charge in [0.1, 0.15) is 19.1 Å². The van der Waals surface area contributed by atoms with Gasteiger partial charge in [0.05, 0.1) is 5.92 Å². The van der Waals surface area contributed by atoms with Crippen molar-refractivity contribution in [3.63, 3.8) is 0 Å². The Kier molecular flexibility index (Phi) is 3.63. The number of halogens is 2. The van der Waals surface area contributed by atoms with Gasteiger partial charge in [-0.15, -0.1) is 0 Å². The van der Waals surface area contributed by atoms with Gasteiger partial charge < -0.3 is 0 Å². The summed E-state index contributed by atoms with van der Waals surface area (Å²) in [6, 6.07) is 0. The van der Waals surface area contributed by atoms with Gasteiger partial charge in [-0.2, -0.15) is 0 Å². The van der Waals surface area contributed by atoms with Crippen LogP contribution in [0.25, 0.3) is 0 Å². The number of Topliss-reactive ketones (excluding diaryl/α,β-unsaturated/α-hetero) is 1. The van der Waals surface area contributed by atoms with Crippen molar-refractivity contribution in [1.29, 1.82) is 0 Å². The topological polar surface area (TPSA) is 17.1 Å². The quantitative estimate of drug-likeness (QED) is 0.624. The maximum Gasteiger partial charge on any atom is 0.146 e. The average Bonchev–Trinajstić information content (AvgIpc) is 1.88. The highest BCUT2D eigenvalue weighted by Gasteiger charge is 2.29. The summed E-state index contributed by atoms with van der Waals surface area (Å²) in [5, 5.41) is 0. The molecule has 0 rings (SSSR count). The minimum Gasteiger partial charge on any atom is -0.299 e. The maximum absolute atomic E-state index is 12.0. The second-order valence-corrected chi connectivity index (χ2v) is 3.62. The van der Waals surface area contributed by atoms with Gasteiger partial charge in [-0.05, 0) is 0 Å². The van der Waals surface area contributed by atoms with E-state index in [4.69, 9.17) is 0 Å². The molecule has 1 nitrogen and oxygen atoms in total. The fourth-order valence-corrected chi connectivity index (χ4v) is 0.794. The second kappa shape index (κ2) is 3.79. The zero-order chi connectivity index (χ0) is 9.07. The summed E-state index contributed by atoms with van der Waals surface area (Å²) in [6.45, 7) is 3.19. The van der Waals surface area contributed by atoms with Crippen molar-refractivity contribution in [1.82, 2.24) is 0 Å².